The summed E-state index contributed by atoms with van der Waals surface area (Å²) < 4.78 is 2.17. The maximum absolute atomic E-state index is 5.72. The van der Waals surface area contributed by atoms with Crippen molar-refractivity contribution in [2.45, 2.75) is 26.3 Å². The van der Waals surface area contributed by atoms with Gasteiger partial charge in [-0.1, -0.05) is 44.2 Å². The predicted molar refractivity (Wildman–Crippen MR) is 82.6 cm³/mol. The van der Waals surface area contributed by atoms with Gasteiger partial charge in [0.05, 0.1) is 11.4 Å². The number of aromatic nitrogens is 2. The van der Waals surface area contributed by atoms with Crippen LogP contribution in [0.4, 0.5) is 0 Å². The molecule has 2 aromatic heterocycles. The molecule has 0 amide bonds. The van der Waals surface area contributed by atoms with Gasteiger partial charge in [-0.25, -0.2) is 4.98 Å². The van der Waals surface area contributed by atoms with Crippen LogP contribution in [0.15, 0.2) is 48.7 Å². The molecule has 20 heavy (non-hydrogen) atoms. The average molecular weight is 265 g/mol. The van der Waals surface area contributed by atoms with E-state index in [0.717, 1.165) is 22.5 Å². The minimum atomic E-state index is 0.406. The minimum absolute atomic E-state index is 0.406. The summed E-state index contributed by atoms with van der Waals surface area (Å²) in [5, 5.41) is 0. The number of rotatable bonds is 3. The topological polar surface area (TPSA) is 43.3 Å². The highest BCUT2D eigenvalue weighted by Gasteiger charge is 2.16. The Kier molecular flexibility index (Phi) is 3.28. The molecule has 1 aromatic carbocycles. The lowest BCUT2D eigenvalue weighted by molar-refractivity contribution is 0.810. The molecule has 3 aromatic rings. The van der Waals surface area contributed by atoms with Gasteiger partial charge < -0.3 is 10.1 Å². The largest absolute Gasteiger partial charge is 0.326 e. The fraction of sp³-hybridized carbons (Fsp3) is 0.235. The van der Waals surface area contributed by atoms with Gasteiger partial charge in [0.15, 0.2) is 0 Å². The van der Waals surface area contributed by atoms with Gasteiger partial charge in [-0.05, 0) is 23.6 Å². The smallest absolute Gasteiger partial charge is 0.137 e. The molecule has 0 fully saturated rings. The van der Waals surface area contributed by atoms with Crippen LogP contribution in [0, 0.1) is 0 Å². The standard InChI is InChI=1S/C17H19N3/c1-12(2)17-16(14-6-4-3-5-7-14)19-15-10-13(11-18)8-9-20(15)17/h3-10,12H,11,18H2,1-2H3. The van der Waals surface area contributed by atoms with E-state index in [1.54, 1.807) is 0 Å². The average Bonchev–Trinajstić information content (AvgIpc) is 2.86. The van der Waals surface area contributed by atoms with E-state index in [1.807, 2.05) is 6.07 Å². The number of nitrogens with zero attached hydrogens (tertiary/aromatic N) is 2. The zero-order valence-corrected chi connectivity index (χ0v) is 11.9. The van der Waals surface area contributed by atoms with E-state index >= 15 is 0 Å². The number of imidazole rings is 1. The fourth-order valence-corrected chi connectivity index (χ4v) is 2.59. The Morgan fingerprint density at radius 3 is 2.55 bits per heavy atom. The van der Waals surface area contributed by atoms with Crippen molar-refractivity contribution < 1.29 is 0 Å². The number of fused-ring (bicyclic) bond motifs is 1. The molecule has 0 saturated heterocycles. The maximum Gasteiger partial charge on any atom is 0.137 e. The molecule has 102 valence electrons. The number of pyridine rings is 1. The van der Waals surface area contributed by atoms with Gasteiger partial charge in [-0.2, -0.15) is 0 Å². The first-order chi connectivity index (χ1) is 9.70. The van der Waals surface area contributed by atoms with E-state index < -0.39 is 0 Å². The number of nitrogens with two attached hydrogens (primary N) is 1. The molecule has 0 unspecified atom stereocenters. The second-order valence-corrected chi connectivity index (χ2v) is 5.33. The van der Waals surface area contributed by atoms with Crippen molar-refractivity contribution in [1.82, 2.24) is 9.38 Å². The number of hydrogen-bond donors (Lipinski definition) is 1. The Balaban J connectivity index is 2.28. The highest BCUT2D eigenvalue weighted by Crippen LogP contribution is 2.29. The summed E-state index contributed by atoms with van der Waals surface area (Å²) in [7, 11) is 0. The van der Waals surface area contributed by atoms with Crippen molar-refractivity contribution in [2.75, 3.05) is 0 Å². The van der Waals surface area contributed by atoms with Gasteiger partial charge in [0.1, 0.15) is 5.65 Å². The highest BCUT2D eigenvalue weighted by molar-refractivity contribution is 5.67. The maximum atomic E-state index is 5.72. The summed E-state index contributed by atoms with van der Waals surface area (Å²) in [6.45, 7) is 4.94. The van der Waals surface area contributed by atoms with Gasteiger partial charge in [0, 0.05) is 18.3 Å². The molecular formula is C17H19N3. The molecule has 3 nitrogen and oxygen atoms in total. The van der Waals surface area contributed by atoms with Crippen LogP contribution in [0.25, 0.3) is 16.9 Å². The Morgan fingerprint density at radius 2 is 1.90 bits per heavy atom. The Hall–Kier alpha value is -2.13. The van der Waals surface area contributed by atoms with E-state index in [9.17, 15) is 0 Å². The first-order valence-electron chi connectivity index (χ1n) is 6.97. The van der Waals surface area contributed by atoms with Crippen LogP contribution >= 0.6 is 0 Å². The Morgan fingerprint density at radius 1 is 1.15 bits per heavy atom. The summed E-state index contributed by atoms with van der Waals surface area (Å²) in [4.78, 5) is 4.82. The van der Waals surface area contributed by atoms with Crippen molar-refractivity contribution in [3.05, 3.63) is 59.9 Å². The van der Waals surface area contributed by atoms with E-state index in [0.29, 0.717) is 12.5 Å². The van der Waals surface area contributed by atoms with Crippen LogP contribution in [-0.2, 0) is 6.54 Å². The van der Waals surface area contributed by atoms with Gasteiger partial charge in [-0.15, -0.1) is 0 Å². The second kappa shape index (κ2) is 5.10. The second-order valence-electron chi connectivity index (χ2n) is 5.33. The first-order valence-corrected chi connectivity index (χ1v) is 6.97. The highest BCUT2D eigenvalue weighted by atomic mass is 15.0. The molecule has 0 atom stereocenters. The lowest BCUT2D eigenvalue weighted by Gasteiger charge is -2.09. The lowest BCUT2D eigenvalue weighted by atomic mass is 10.0. The third-order valence-corrected chi connectivity index (χ3v) is 3.56. The van der Waals surface area contributed by atoms with Gasteiger partial charge in [0.2, 0.25) is 0 Å². The quantitative estimate of drug-likeness (QED) is 0.786. The zero-order chi connectivity index (χ0) is 14.1. The monoisotopic (exact) mass is 265 g/mol. The molecule has 0 spiro atoms. The molecule has 0 saturated carbocycles. The molecule has 0 aliphatic heterocycles. The molecule has 2 N–H and O–H groups in total. The molecule has 0 aliphatic carbocycles. The zero-order valence-electron chi connectivity index (χ0n) is 11.9. The van der Waals surface area contributed by atoms with Crippen molar-refractivity contribution in [3.8, 4) is 11.3 Å². The van der Waals surface area contributed by atoms with Crippen LogP contribution < -0.4 is 5.73 Å². The van der Waals surface area contributed by atoms with E-state index in [-0.39, 0.29) is 0 Å². The molecule has 0 bridgehead atoms. The SMILES string of the molecule is CC(C)c1c(-c2ccccc2)nc2cc(CN)ccn12. The molecular weight excluding hydrogens is 246 g/mol. The normalized spacial score (nSPS) is 11.4. The van der Waals surface area contributed by atoms with Crippen molar-refractivity contribution in [1.29, 1.82) is 0 Å². The van der Waals surface area contributed by atoms with Gasteiger partial charge in [-0.3, -0.25) is 0 Å². The summed E-state index contributed by atoms with van der Waals surface area (Å²) in [5.74, 6) is 0.406. The van der Waals surface area contributed by atoms with Gasteiger partial charge in [0.25, 0.3) is 0 Å². The number of hydrogen-bond acceptors (Lipinski definition) is 2. The van der Waals surface area contributed by atoms with E-state index in [2.05, 4.69) is 60.8 Å². The van der Waals surface area contributed by atoms with Crippen molar-refractivity contribution in [2.24, 2.45) is 5.73 Å². The van der Waals surface area contributed by atoms with Gasteiger partial charge >= 0.3 is 0 Å². The van der Waals surface area contributed by atoms with E-state index in [1.165, 1.54) is 5.69 Å². The molecule has 3 heteroatoms. The van der Waals surface area contributed by atoms with Crippen LogP contribution in [-0.4, -0.2) is 9.38 Å². The molecule has 2 heterocycles. The summed E-state index contributed by atoms with van der Waals surface area (Å²) in [5.41, 5.74) is 11.3. The van der Waals surface area contributed by atoms with Crippen molar-refractivity contribution >= 4 is 5.65 Å². The minimum Gasteiger partial charge on any atom is -0.326 e. The summed E-state index contributed by atoms with van der Waals surface area (Å²) >= 11 is 0. The molecule has 3 rings (SSSR count). The van der Waals surface area contributed by atoms with Crippen LogP contribution in [0.2, 0.25) is 0 Å². The molecule has 0 radical (unpaired) electrons. The lowest BCUT2D eigenvalue weighted by Crippen LogP contribution is -2.00. The van der Waals surface area contributed by atoms with Crippen LogP contribution in [0.3, 0.4) is 0 Å². The Labute approximate surface area is 119 Å². The third-order valence-electron chi connectivity index (χ3n) is 3.56. The summed E-state index contributed by atoms with van der Waals surface area (Å²) in [6, 6.07) is 14.5. The van der Waals surface area contributed by atoms with Crippen LogP contribution in [0.5, 0.6) is 0 Å². The number of benzene rings is 1. The van der Waals surface area contributed by atoms with E-state index in [4.69, 9.17) is 10.7 Å². The summed E-state index contributed by atoms with van der Waals surface area (Å²) in [6.07, 6.45) is 2.08. The first kappa shape index (κ1) is 12.9. The third kappa shape index (κ3) is 2.10. The Bertz CT molecular complexity index is 727. The fourth-order valence-electron chi connectivity index (χ4n) is 2.59. The molecule has 0 aliphatic rings. The van der Waals surface area contributed by atoms with Crippen LogP contribution in [0.1, 0.15) is 31.0 Å². The van der Waals surface area contributed by atoms with Crippen molar-refractivity contribution in [3.63, 3.8) is 0 Å². The predicted octanol–water partition coefficient (Wildman–Crippen LogP) is 3.58.